The highest BCUT2D eigenvalue weighted by Gasteiger charge is 2.19. The molecule has 1 unspecified atom stereocenters. The number of ether oxygens (including phenoxy) is 3. The quantitative estimate of drug-likeness (QED) is 0.0350. The summed E-state index contributed by atoms with van der Waals surface area (Å²) in [7, 11) is 0. The molecule has 0 N–H and O–H groups in total. The molecule has 0 radical (unpaired) electrons. The molecule has 0 aliphatic rings. The van der Waals surface area contributed by atoms with Crippen molar-refractivity contribution in [3.8, 4) is 0 Å². The van der Waals surface area contributed by atoms with Crippen molar-refractivity contribution in [2.45, 2.75) is 265 Å². The Morgan fingerprint density at radius 3 is 1.06 bits per heavy atom. The zero-order chi connectivity index (χ0) is 39.7. The molecule has 0 spiro atoms. The third kappa shape index (κ3) is 40.1. The molecule has 0 aliphatic heterocycles. The summed E-state index contributed by atoms with van der Waals surface area (Å²) in [5, 5.41) is 0. The molecule has 0 amide bonds. The molecular formula is C48H92O6. The van der Waals surface area contributed by atoms with Crippen LogP contribution in [0.1, 0.15) is 259 Å². The van der Waals surface area contributed by atoms with E-state index in [2.05, 4.69) is 34.6 Å². The Kier molecular flexibility index (Phi) is 39.8. The second-order valence-corrected chi connectivity index (χ2v) is 17.1. The molecule has 0 heterocycles. The van der Waals surface area contributed by atoms with Gasteiger partial charge in [-0.05, 0) is 31.1 Å². The summed E-state index contributed by atoms with van der Waals surface area (Å²) in [5.41, 5.74) is 0. The van der Waals surface area contributed by atoms with E-state index in [-0.39, 0.29) is 31.1 Å². The van der Waals surface area contributed by atoms with Gasteiger partial charge in [0.1, 0.15) is 13.2 Å². The molecule has 0 aromatic heterocycles. The van der Waals surface area contributed by atoms with Crippen LogP contribution in [0.2, 0.25) is 0 Å². The minimum Gasteiger partial charge on any atom is -0.462 e. The average Bonchev–Trinajstić information content (AvgIpc) is 3.15. The average molecular weight is 765 g/mol. The highest BCUT2D eigenvalue weighted by atomic mass is 16.6. The predicted octanol–water partition coefficient (Wildman–Crippen LogP) is 15.0. The predicted molar refractivity (Wildman–Crippen MR) is 229 cm³/mol. The summed E-state index contributed by atoms with van der Waals surface area (Å²) in [4.78, 5) is 37.7. The SMILES string of the molecule is CCCCCCCCCC(=O)OC[C@@H](COC(=O)CCCCCCCCCCCCC(C)CC)OC(=O)CCCCCCCCCCCCCCC(C)C. The Labute approximate surface area is 336 Å². The van der Waals surface area contributed by atoms with Gasteiger partial charge >= 0.3 is 17.9 Å². The van der Waals surface area contributed by atoms with Gasteiger partial charge in [-0.2, -0.15) is 0 Å². The first kappa shape index (κ1) is 52.4. The van der Waals surface area contributed by atoms with E-state index < -0.39 is 6.10 Å². The number of hydrogen-bond donors (Lipinski definition) is 0. The summed E-state index contributed by atoms with van der Waals surface area (Å²) < 4.78 is 16.7. The Hall–Kier alpha value is -1.59. The summed E-state index contributed by atoms with van der Waals surface area (Å²) in [5.74, 6) is 0.841. The minimum atomic E-state index is -0.760. The lowest BCUT2D eigenvalue weighted by molar-refractivity contribution is -0.167. The Morgan fingerprint density at radius 2 is 0.704 bits per heavy atom. The van der Waals surface area contributed by atoms with Crippen molar-refractivity contribution < 1.29 is 28.6 Å². The molecule has 0 fully saturated rings. The maximum atomic E-state index is 12.7. The fourth-order valence-corrected chi connectivity index (χ4v) is 7.07. The molecule has 6 nitrogen and oxygen atoms in total. The number of unbranched alkanes of at least 4 members (excludes halogenated alkanes) is 26. The van der Waals surface area contributed by atoms with Gasteiger partial charge in [0.15, 0.2) is 6.10 Å². The Morgan fingerprint density at radius 1 is 0.389 bits per heavy atom. The van der Waals surface area contributed by atoms with Crippen LogP contribution in [0.3, 0.4) is 0 Å². The number of esters is 3. The van der Waals surface area contributed by atoms with E-state index in [1.165, 1.54) is 148 Å². The normalized spacial score (nSPS) is 12.6. The first-order valence-corrected chi connectivity index (χ1v) is 23.8. The van der Waals surface area contributed by atoms with Crippen molar-refractivity contribution in [1.29, 1.82) is 0 Å². The third-order valence-corrected chi connectivity index (χ3v) is 11.1. The molecule has 0 saturated heterocycles. The highest BCUT2D eigenvalue weighted by Crippen LogP contribution is 2.17. The molecule has 54 heavy (non-hydrogen) atoms. The van der Waals surface area contributed by atoms with Crippen molar-refractivity contribution in [2.24, 2.45) is 11.8 Å². The van der Waals surface area contributed by atoms with Crippen molar-refractivity contribution in [3.63, 3.8) is 0 Å². The minimum absolute atomic E-state index is 0.0649. The fraction of sp³-hybridized carbons (Fsp3) is 0.938. The van der Waals surface area contributed by atoms with Crippen LogP contribution in [0.4, 0.5) is 0 Å². The standard InChI is InChI=1S/C48H92O6/c1-6-8-9-10-21-28-33-38-46(49)52-41-45(42-53-47(50)39-34-29-24-19-16-15-18-23-27-32-37-44(5)7-2)54-48(51)40-35-30-25-20-14-12-11-13-17-22-26-31-36-43(3)4/h43-45H,6-42H2,1-5H3/t44?,45-/m0/s1. The van der Waals surface area contributed by atoms with Gasteiger partial charge in [0.05, 0.1) is 0 Å². The smallest absolute Gasteiger partial charge is 0.306 e. The Balaban J connectivity index is 4.26. The highest BCUT2D eigenvalue weighted by molar-refractivity contribution is 5.71. The van der Waals surface area contributed by atoms with Gasteiger partial charge in [-0.25, -0.2) is 0 Å². The Bertz CT molecular complexity index is 826. The van der Waals surface area contributed by atoms with Crippen LogP contribution in [0.15, 0.2) is 0 Å². The van der Waals surface area contributed by atoms with Crippen LogP contribution in [0.25, 0.3) is 0 Å². The lowest BCUT2D eigenvalue weighted by atomic mass is 9.99. The molecule has 0 aromatic rings. The van der Waals surface area contributed by atoms with Gasteiger partial charge in [0, 0.05) is 19.3 Å². The molecule has 0 aromatic carbocycles. The second kappa shape index (κ2) is 41.1. The zero-order valence-electron chi connectivity index (χ0n) is 36.8. The van der Waals surface area contributed by atoms with E-state index >= 15 is 0 Å². The molecule has 6 heteroatoms. The van der Waals surface area contributed by atoms with Crippen LogP contribution in [-0.2, 0) is 28.6 Å². The first-order valence-electron chi connectivity index (χ1n) is 23.8. The molecule has 320 valence electrons. The van der Waals surface area contributed by atoms with Crippen LogP contribution >= 0.6 is 0 Å². The lowest BCUT2D eigenvalue weighted by Gasteiger charge is -2.18. The van der Waals surface area contributed by atoms with Crippen LogP contribution < -0.4 is 0 Å². The van der Waals surface area contributed by atoms with Crippen molar-refractivity contribution in [3.05, 3.63) is 0 Å². The summed E-state index contributed by atoms with van der Waals surface area (Å²) in [6.07, 6.45) is 39.5. The van der Waals surface area contributed by atoms with E-state index in [0.717, 1.165) is 69.6 Å². The monoisotopic (exact) mass is 765 g/mol. The van der Waals surface area contributed by atoms with Gasteiger partial charge in [0.2, 0.25) is 0 Å². The van der Waals surface area contributed by atoms with E-state index in [0.29, 0.717) is 19.3 Å². The topological polar surface area (TPSA) is 78.9 Å². The van der Waals surface area contributed by atoms with Gasteiger partial charge in [-0.1, -0.05) is 221 Å². The number of carbonyl (C=O) groups is 3. The number of carbonyl (C=O) groups excluding carboxylic acids is 3. The molecule has 0 aliphatic carbocycles. The van der Waals surface area contributed by atoms with E-state index in [4.69, 9.17) is 14.2 Å². The van der Waals surface area contributed by atoms with Crippen LogP contribution in [-0.4, -0.2) is 37.2 Å². The summed E-state index contributed by atoms with van der Waals surface area (Å²) >= 11 is 0. The number of hydrogen-bond acceptors (Lipinski definition) is 6. The van der Waals surface area contributed by atoms with E-state index in [1.54, 1.807) is 0 Å². The molecular weight excluding hydrogens is 673 g/mol. The summed E-state index contributed by atoms with van der Waals surface area (Å²) in [6.45, 7) is 11.3. The van der Waals surface area contributed by atoms with Crippen molar-refractivity contribution in [1.82, 2.24) is 0 Å². The largest absolute Gasteiger partial charge is 0.462 e. The van der Waals surface area contributed by atoms with Gasteiger partial charge in [-0.15, -0.1) is 0 Å². The lowest BCUT2D eigenvalue weighted by Crippen LogP contribution is -2.30. The van der Waals surface area contributed by atoms with E-state index in [1.807, 2.05) is 0 Å². The van der Waals surface area contributed by atoms with Gasteiger partial charge < -0.3 is 14.2 Å². The molecule has 0 rings (SSSR count). The van der Waals surface area contributed by atoms with Crippen molar-refractivity contribution >= 4 is 17.9 Å². The molecule has 0 bridgehead atoms. The molecule has 0 saturated carbocycles. The first-order chi connectivity index (χ1) is 26.3. The second-order valence-electron chi connectivity index (χ2n) is 17.1. The number of rotatable bonds is 42. The maximum absolute atomic E-state index is 12.7. The fourth-order valence-electron chi connectivity index (χ4n) is 7.07. The zero-order valence-corrected chi connectivity index (χ0v) is 36.8. The summed E-state index contributed by atoms with van der Waals surface area (Å²) in [6, 6.07) is 0. The van der Waals surface area contributed by atoms with Crippen molar-refractivity contribution in [2.75, 3.05) is 13.2 Å². The maximum Gasteiger partial charge on any atom is 0.306 e. The molecule has 2 atom stereocenters. The van der Waals surface area contributed by atoms with Gasteiger partial charge in [-0.3, -0.25) is 14.4 Å². The van der Waals surface area contributed by atoms with Crippen LogP contribution in [0.5, 0.6) is 0 Å². The third-order valence-electron chi connectivity index (χ3n) is 11.1. The van der Waals surface area contributed by atoms with E-state index in [9.17, 15) is 14.4 Å². The van der Waals surface area contributed by atoms with Crippen LogP contribution in [0, 0.1) is 11.8 Å². The van der Waals surface area contributed by atoms with Gasteiger partial charge in [0.25, 0.3) is 0 Å².